The number of rotatable bonds is 3. The summed E-state index contributed by atoms with van der Waals surface area (Å²) in [6.07, 6.45) is 2.57. The number of benzene rings is 1. The number of hydrogen-bond acceptors (Lipinski definition) is 5. The second kappa shape index (κ2) is 6.57. The molecular formula is C22H26N2O4. The van der Waals surface area contributed by atoms with Gasteiger partial charge in [-0.25, -0.2) is 0 Å². The van der Waals surface area contributed by atoms with Crippen LogP contribution in [0.25, 0.3) is 5.70 Å². The van der Waals surface area contributed by atoms with E-state index in [0.717, 1.165) is 11.1 Å². The van der Waals surface area contributed by atoms with Crippen molar-refractivity contribution >= 4 is 17.4 Å². The van der Waals surface area contributed by atoms with Gasteiger partial charge < -0.3 is 19.6 Å². The maximum Gasteiger partial charge on any atom is 0.284 e. The number of carbonyl (C=O) groups is 2. The first kappa shape index (κ1) is 18.9. The van der Waals surface area contributed by atoms with Crippen LogP contribution in [0.3, 0.4) is 0 Å². The van der Waals surface area contributed by atoms with Gasteiger partial charge >= 0.3 is 0 Å². The summed E-state index contributed by atoms with van der Waals surface area (Å²) in [6.45, 7) is 9.24. The average molecular weight is 382 g/mol. The van der Waals surface area contributed by atoms with Crippen LogP contribution in [0.5, 0.6) is 0 Å². The molecule has 0 saturated carbocycles. The van der Waals surface area contributed by atoms with Crippen molar-refractivity contribution in [3.63, 3.8) is 0 Å². The minimum absolute atomic E-state index is 0.299. The van der Waals surface area contributed by atoms with E-state index in [1.807, 2.05) is 38.1 Å². The Morgan fingerprint density at radius 2 is 1.96 bits per heavy atom. The Morgan fingerprint density at radius 1 is 1.29 bits per heavy atom. The zero-order valence-electron chi connectivity index (χ0n) is 16.4. The molecule has 1 aromatic rings. The molecule has 6 nitrogen and oxygen atoms in total. The van der Waals surface area contributed by atoms with E-state index in [2.05, 4.69) is 6.58 Å². The Balaban J connectivity index is 1.89. The van der Waals surface area contributed by atoms with E-state index in [9.17, 15) is 14.7 Å². The van der Waals surface area contributed by atoms with Crippen LogP contribution in [0, 0.1) is 0 Å². The molecule has 1 amide bonds. The number of ether oxygens (including phenoxy) is 1. The van der Waals surface area contributed by atoms with Crippen LogP contribution in [-0.2, 0) is 20.7 Å². The van der Waals surface area contributed by atoms with Gasteiger partial charge in [0.2, 0.25) is 5.78 Å². The van der Waals surface area contributed by atoms with Gasteiger partial charge in [-0.1, -0.05) is 30.3 Å². The van der Waals surface area contributed by atoms with Crippen LogP contribution in [0.2, 0.25) is 0 Å². The molecule has 6 heteroatoms. The number of amides is 1. The third-order valence-electron chi connectivity index (χ3n) is 5.87. The second-order valence-electron chi connectivity index (χ2n) is 8.21. The lowest BCUT2D eigenvalue weighted by Crippen LogP contribution is -2.67. The molecule has 1 fully saturated rings. The van der Waals surface area contributed by atoms with Gasteiger partial charge in [0.1, 0.15) is 0 Å². The summed E-state index contributed by atoms with van der Waals surface area (Å²) < 4.78 is 5.33. The van der Waals surface area contributed by atoms with Gasteiger partial charge in [0.05, 0.1) is 18.9 Å². The molecule has 3 aliphatic heterocycles. The molecule has 0 bridgehead atoms. The maximum atomic E-state index is 13.5. The largest absolute Gasteiger partial charge is 0.378 e. The third-order valence-corrected chi connectivity index (χ3v) is 5.87. The van der Waals surface area contributed by atoms with Crippen LogP contribution >= 0.6 is 0 Å². The molecule has 1 saturated heterocycles. The molecule has 148 valence electrons. The van der Waals surface area contributed by atoms with E-state index in [-0.39, 0.29) is 0 Å². The number of nitrogens with zero attached hydrogens (tertiary/aromatic N) is 2. The predicted molar refractivity (Wildman–Crippen MR) is 105 cm³/mol. The Labute approximate surface area is 165 Å². The summed E-state index contributed by atoms with van der Waals surface area (Å²) in [5.74, 6) is -1.10. The SMILES string of the molecule is C=CCC1=C2c3ccccc3CC(C)(C)N2C(O)(C(=O)N2CCOCC2)C1=O. The number of morpholine rings is 1. The van der Waals surface area contributed by atoms with E-state index in [1.54, 1.807) is 11.0 Å². The Bertz CT molecular complexity index is 882. The monoisotopic (exact) mass is 382 g/mol. The maximum absolute atomic E-state index is 13.5. The number of Topliss-reactive ketones (excluding diaryl/α,β-unsaturated/α-hetero) is 1. The zero-order valence-corrected chi connectivity index (χ0v) is 16.4. The first-order valence-electron chi connectivity index (χ1n) is 9.69. The van der Waals surface area contributed by atoms with Crippen LogP contribution in [-0.4, -0.2) is 64.2 Å². The quantitative estimate of drug-likeness (QED) is 0.637. The highest BCUT2D eigenvalue weighted by Crippen LogP contribution is 2.50. The van der Waals surface area contributed by atoms with E-state index >= 15 is 0 Å². The molecule has 4 rings (SSSR count). The number of carbonyl (C=O) groups excluding carboxylic acids is 2. The number of hydrogen-bond donors (Lipinski definition) is 1. The summed E-state index contributed by atoms with van der Waals surface area (Å²) in [6, 6.07) is 7.88. The number of allylic oxidation sites excluding steroid dienone is 1. The third kappa shape index (κ3) is 2.55. The molecule has 0 aliphatic carbocycles. The molecule has 1 atom stereocenters. The van der Waals surface area contributed by atoms with Gasteiger partial charge in [0.25, 0.3) is 11.6 Å². The van der Waals surface area contributed by atoms with Crippen molar-refractivity contribution in [1.82, 2.24) is 9.80 Å². The molecule has 1 N–H and O–H groups in total. The molecule has 0 radical (unpaired) electrons. The highest BCUT2D eigenvalue weighted by atomic mass is 16.5. The first-order valence-corrected chi connectivity index (χ1v) is 9.69. The van der Waals surface area contributed by atoms with E-state index in [1.165, 1.54) is 4.90 Å². The zero-order chi connectivity index (χ0) is 20.1. The summed E-state index contributed by atoms with van der Waals surface area (Å²) in [5, 5.41) is 11.7. The Morgan fingerprint density at radius 3 is 2.64 bits per heavy atom. The van der Waals surface area contributed by atoms with Crippen molar-refractivity contribution < 1.29 is 19.4 Å². The van der Waals surface area contributed by atoms with Crippen molar-refractivity contribution in [1.29, 1.82) is 0 Å². The molecule has 3 aliphatic rings. The highest BCUT2D eigenvalue weighted by Gasteiger charge is 2.63. The van der Waals surface area contributed by atoms with Crippen LogP contribution in [0.1, 0.15) is 31.4 Å². The fourth-order valence-corrected chi connectivity index (χ4v) is 4.70. The molecule has 3 heterocycles. The lowest BCUT2D eigenvalue weighted by atomic mass is 9.83. The summed E-state index contributed by atoms with van der Waals surface area (Å²) in [4.78, 5) is 30.1. The summed E-state index contributed by atoms with van der Waals surface area (Å²) >= 11 is 0. The molecule has 1 unspecified atom stereocenters. The van der Waals surface area contributed by atoms with Gasteiger partial charge in [-0.15, -0.1) is 6.58 Å². The summed E-state index contributed by atoms with van der Waals surface area (Å²) in [7, 11) is 0. The predicted octanol–water partition coefficient (Wildman–Crippen LogP) is 1.74. The van der Waals surface area contributed by atoms with Gasteiger partial charge in [0, 0.05) is 29.8 Å². The van der Waals surface area contributed by atoms with E-state index < -0.39 is 23.0 Å². The highest BCUT2D eigenvalue weighted by molar-refractivity contribution is 6.23. The first-order chi connectivity index (χ1) is 13.3. The lowest BCUT2D eigenvalue weighted by molar-refractivity contribution is -0.181. The van der Waals surface area contributed by atoms with Gasteiger partial charge in [-0.3, -0.25) is 9.59 Å². The minimum Gasteiger partial charge on any atom is -0.378 e. The lowest BCUT2D eigenvalue weighted by Gasteiger charge is -2.50. The number of aliphatic hydroxyl groups is 1. The molecule has 28 heavy (non-hydrogen) atoms. The van der Waals surface area contributed by atoms with E-state index in [4.69, 9.17) is 4.74 Å². The minimum atomic E-state index is -2.23. The van der Waals surface area contributed by atoms with Crippen LogP contribution < -0.4 is 0 Å². The topological polar surface area (TPSA) is 70.1 Å². The van der Waals surface area contributed by atoms with Gasteiger partial charge in [0.15, 0.2) is 0 Å². The van der Waals surface area contributed by atoms with Crippen molar-refractivity contribution in [2.75, 3.05) is 26.3 Å². The second-order valence-corrected chi connectivity index (χ2v) is 8.21. The van der Waals surface area contributed by atoms with E-state index in [0.29, 0.717) is 50.4 Å². The standard InChI is InChI=1S/C22H26N2O4/c1-4-7-17-18-16-9-6-5-8-15(16)14-21(2,3)24(18)22(27,19(17)25)20(26)23-10-12-28-13-11-23/h4-6,8-9,27H,1,7,10-14H2,2-3H3. The van der Waals surface area contributed by atoms with Crippen molar-refractivity contribution in [3.05, 3.63) is 53.6 Å². The normalized spacial score (nSPS) is 26.2. The average Bonchev–Trinajstić information content (AvgIpc) is 2.92. The molecule has 1 aromatic carbocycles. The van der Waals surface area contributed by atoms with Crippen LogP contribution in [0.15, 0.2) is 42.5 Å². The summed E-state index contributed by atoms with van der Waals surface area (Å²) in [5.41, 5.74) is 0.259. The smallest absolute Gasteiger partial charge is 0.284 e. The number of fused-ring (bicyclic) bond motifs is 3. The van der Waals surface area contributed by atoms with Gasteiger partial charge in [-0.05, 0) is 32.3 Å². The van der Waals surface area contributed by atoms with Crippen molar-refractivity contribution in [3.8, 4) is 0 Å². The van der Waals surface area contributed by atoms with Crippen molar-refractivity contribution in [2.24, 2.45) is 0 Å². The fraction of sp³-hybridized carbons (Fsp3) is 0.455. The Hall–Kier alpha value is -2.44. The number of ketones is 1. The van der Waals surface area contributed by atoms with Crippen LogP contribution in [0.4, 0.5) is 0 Å². The molecule has 0 spiro atoms. The molecule has 0 aromatic heterocycles. The van der Waals surface area contributed by atoms with Crippen molar-refractivity contribution in [2.45, 2.75) is 38.0 Å². The Kier molecular flexibility index (Phi) is 4.43. The molecular weight excluding hydrogens is 356 g/mol. The fourth-order valence-electron chi connectivity index (χ4n) is 4.70. The van der Waals surface area contributed by atoms with Gasteiger partial charge in [-0.2, -0.15) is 0 Å².